The second-order valence-corrected chi connectivity index (χ2v) is 7.30. The van der Waals surface area contributed by atoms with Gasteiger partial charge in [0.2, 0.25) is 0 Å². The van der Waals surface area contributed by atoms with E-state index in [1.165, 1.54) is 12.8 Å². The van der Waals surface area contributed by atoms with Gasteiger partial charge < -0.3 is 4.52 Å². The number of rotatable bonds is 4. The molecule has 0 spiro atoms. The van der Waals surface area contributed by atoms with Gasteiger partial charge in [0.1, 0.15) is 6.26 Å². The van der Waals surface area contributed by atoms with Crippen molar-refractivity contribution < 1.29 is 4.52 Å². The summed E-state index contributed by atoms with van der Waals surface area (Å²) in [6.07, 6.45) is 4.01. The highest BCUT2D eigenvalue weighted by Crippen LogP contribution is 2.42. The monoisotopic (exact) mass is 383 g/mol. The second-order valence-electron chi connectivity index (χ2n) is 5.69. The van der Waals surface area contributed by atoms with Crippen molar-refractivity contribution in [3.8, 4) is 0 Å². The highest BCUT2D eigenvalue weighted by molar-refractivity contribution is 9.10. The minimum atomic E-state index is 0.315. The summed E-state index contributed by atoms with van der Waals surface area (Å²) in [5.41, 5.74) is 4.11. The van der Waals surface area contributed by atoms with Crippen molar-refractivity contribution in [3.05, 3.63) is 50.3 Å². The maximum absolute atomic E-state index is 6.23. The average molecular weight is 385 g/mol. The summed E-state index contributed by atoms with van der Waals surface area (Å²) in [4.78, 5) is 0.791. The van der Waals surface area contributed by atoms with Crippen LogP contribution < -0.4 is 0 Å². The first-order valence-electron chi connectivity index (χ1n) is 6.97. The highest BCUT2D eigenvalue weighted by Gasteiger charge is 2.31. The van der Waals surface area contributed by atoms with E-state index in [-0.39, 0.29) is 0 Å². The standard InChI is InChI=1S/C16H15BrClNOS/c1-8(2)13-10(5-6-12(18)14(13)17)16(21)11-7-20-19-15(11)9-3-4-9/h5-9H,3-4H2,1-2H3. The van der Waals surface area contributed by atoms with Gasteiger partial charge in [-0.25, -0.2) is 0 Å². The number of aromatic nitrogens is 1. The molecule has 1 aliphatic rings. The summed E-state index contributed by atoms with van der Waals surface area (Å²) < 4.78 is 6.09. The Morgan fingerprint density at radius 3 is 2.71 bits per heavy atom. The number of benzene rings is 1. The van der Waals surface area contributed by atoms with Crippen LogP contribution in [0.5, 0.6) is 0 Å². The third-order valence-corrected chi connectivity index (χ3v) is 5.60. The minimum Gasteiger partial charge on any atom is -0.364 e. The van der Waals surface area contributed by atoms with Crippen LogP contribution in [0.15, 0.2) is 27.4 Å². The van der Waals surface area contributed by atoms with E-state index in [1.807, 2.05) is 12.1 Å². The van der Waals surface area contributed by atoms with Gasteiger partial charge in [0, 0.05) is 10.4 Å². The van der Waals surface area contributed by atoms with E-state index in [4.69, 9.17) is 28.3 Å². The molecule has 110 valence electrons. The summed E-state index contributed by atoms with van der Waals surface area (Å²) >= 11 is 15.5. The Bertz CT molecular complexity index is 706. The van der Waals surface area contributed by atoms with Crippen molar-refractivity contribution in [2.24, 2.45) is 0 Å². The first kappa shape index (κ1) is 15.2. The third kappa shape index (κ3) is 2.81. The molecule has 1 fully saturated rings. The highest BCUT2D eigenvalue weighted by atomic mass is 79.9. The van der Waals surface area contributed by atoms with Crippen molar-refractivity contribution in [2.45, 2.75) is 38.5 Å². The Balaban J connectivity index is 2.09. The molecular weight excluding hydrogens is 370 g/mol. The minimum absolute atomic E-state index is 0.315. The molecule has 0 radical (unpaired) electrons. The molecular formula is C16H15BrClNOS. The van der Waals surface area contributed by atoms with Gasteiger partial charge in [-0.05, 0) is 51.9 Å². The quantitative estimate of drug-likeness (QED) is 0.488. The zero-order valence-corrected chi connectivity index (χ0v) is 15.0. The molecule has 1 saturated carbocycles. The zero-order chi connectivity index (χ0) is 15.1. The fraction of sp³-hybridized carbons (Fsp3) is 0.375. The molecule has 0 saturated heterocycles. The van der Waals surface area contributed by atoms with E-state index in [0.29, 0.717) is 16.9 Å². The Hall–Kier alpha value is -0.710. The van der Waals surface area contributed by atoms with Crippen LogP contribution >= 0.6 is 39.7 Å². The second kappa shape index (κ2) is 5.82. The molecule has 1 aromatic carbocycles. The number of halogens is 2. The topological polar surface area (TPSA) is 26.0 Å². The number of hydrogen-bond donors (Lipinski definition) is 0. The Kier molecular flexibility index (Phi) is 4.21. The fourth-order valence-corrected chi connectivity index (χ4v) is 3.84. The van der Waals surface area contributed by atoms with E-state index in [0.717, 1.165) is 31.7 Å². The maximum atomic E-state index is 6.23. The first-order valence-corrected chi connectivity index (χ1v) is 8.55. The van der Waals surface area contributed by atoms with Gasteiger partial charge in [-0.3, -0.25) is 0 Å². The van der Waals surface area contributed by atoms with Crippen molar-refractivity contribution in [2.75, 3.05) is 0 Å². The normalized spacial score (nSPS) is 14.7. The lowest BCUT2D eigenvalue weighted by Gasteiger charge is -2.16. The third-order valence-electron chi connectivity index (χ3n) is 3.76. The van der Waals surface area contributed by atoms with Crippen molar-refractivity contribution >= 4 is 44.6 Å². The van der Waals surface area contributed by atoms with Crippen LogP contribution in [-0.4, -0.2) is 10.0 Å². The van der Waals surface area contributed by atoms with Gasteiger partial charge in [-0.15, -0.1) is 0 Å². The Morgan fingerprint density at radius 2 is 2.10 bits per heavy atom. The van der Waals surface area contributed by atoms with Gasteiger partial charge in [0.05, 0.1) is 21.1 Å². The summed E-state index contributed by atoms with van der Waals surface area (Å²) in [6, 6.07) is 3.87. The molecule has 0 unspecified atom stereocenters. The molecule has 0 atom stereocenters. The van der Waals surface area contributed by atoms with Crippen LogP contribution in [0.2, 0.25) is 5.02 Å². The molecule has 0 N–H and O–H groups in total. The smallest absolute Gasteiger partial charge is 0.132 e. The fourth-order valence-electron chi connectivity index (χ4n) is 2.54. The molecule has 2 aromatic rings. The lowest BCUT2D eigenvalue weighted by molar-refractivity contribution is 0.412. The van der Waals surface area contributed by atoms with Crippen LogP contribution in [-0.2, 0) is 0 Å². The van der Waals surface area contributed by atoms with Crippen molar-refractivity contribution in [1.29, 1.82) is 0 Å². The molecule has 1 aromatic heterocycles. The molecule has 5 heteroatoms. The predicted octanol–water partition coefficient (Wildman–Crippen LogP) is 5.86. The predicted molar refractivity (Wildman–Crippen MR) is 92.5 cm³/mol. The van der Waals surface area contributed by atoms with Gasteiger partial charge >= 0.3 is 0 Å². The Labute approximate surface area is 143 Å². The molecule has 0 amide bonds. The van der Waals surface area contributed by atoms with Crippen molar-refractivity contribution in [1.82, 2.24) is 5.16 Å². The van der Waals surface area contributed by atoms with Gasteiger partial charge in [0.25, 0.3) is 0 Å². The molecule has 0 aliphatic heterocycles. The molecule has 1 heterocycles. The van der Waals surface area contributed by atoms with E-state index in [9.17, 15) is 0 Å². The number of thiocarbonyl (C=S) groups is 1. The van der Waals surface area contributed by atoms with Crippen LogP contribution in [0.3, 0.4) is 0 Å². The number of nitrogens with zero attached hydrogens (tertiary/aromatic N) is 1. The zero-order valence-electron chi connectivity index (χ0n) is 11.8. The molecule has 21 heavy (non-hydrogen) atoms. The SMILES string of the molecule is CC(C)c1c(C(=S)c2conc2C2CC2)ccc(Cl)c1Br. The molecule has 3 rings (SSSR count). The molecule has 0 bridgehead atoms. The Morgan fingerprint density at radius 1 is 1.38 bits per heavy atom. The van der Waals surface area contributed by atoms with Crippen LogP contribution in [0, 0.1) is 0 Å². The first-order chi connectivity index (χ1) is 10.0. The lowest BCUT2D eigenvalue weighted by Crippen LogP contribution is -2.08. The van der Waals surface area contributed by atoms with Crippen LogP contribution in [0.4, 0.5) is 0 Å². The summed E-state index contributed by atoms with van der Waals surface area (Å²) in [5.74, 6) is 0.824. The van der Waals surface area contributed by atoms with Gasteiger partial charge in [-0.1, -0.05) is 48.9 Å². The van der Waals surface area contributed by atoms with Crippen molar-refractivity contribution in [3.63, 3.8) is 0 Å². The maximum Gasteiger partial charge on any atom is 0.132 e. The summed E-state index contributed by atoms with van der Waals surface area (Å²) in [7, 11) is 0. The molecule has 1 aliphatic carbocycles. The lowest BCUT2D eigenvalue weighted by atomic mass is 9.92. The van der Waals surface area contributed by atoms with E-state index >= 15 is 0 Å². The van der Waals surface area contributed by atoms with Crippen LogP contribution in [0.1, 0.15) is 60.9 Å². The summed E-state index contributed by atoms with van der Waals surface area (Å²) in [6.45, 7) is 4.27. The largest absolute Gasteiger partial charge is 0.364 e. The summed E-state index contributed by atoms with van der Waals surface area (Å²) in [5, 5.41) is 4.85. The molecule has 2 nitrogen and oxygen atoms in total. The van der Waals surface area contributed by atoms with E-state index in [1.54, 1.807) is 6.26 Å². The van der Waals surface area contributed by atoms with Gasteiger partial charge in [-0.2, -0.15) is 0 Å². The van der Waals surface area contributed by atoms with Gasteiger partial charge in [0.15, 0.2) is 0 Å². The average Bonchev–Trinajstić information content (AvgIpc) is 3.17. The van der Waals surface area contributed by atoms with E-state index < -0.39 is 0 Å². The van der Waals surface area contributed by atoms with E-state index in [2.05, 4.69) is 34.9 Å². The van der Waals surface area contributed by atoms with Crippen LogP contribution in [0.25, 0.3) is 0 Å². The number of hydrogen-bond acceptors (Lipinski definition) is 3.